The number of nitrogens with one attached hydrogen (secondary N) is 2. The quantitative estimate of drug-likeness (QED) is 0.263. The van der Waals surface area contributed by atoms with E-state index in [4.69, 9.17) is 11.5 Å². The number of thiazole rings is 1. The van der Waals surface area contributed by atoms with Gasteiger partial charge in [-0.25, -0.2) is 9.97 Å². The van der Waals surface area contributed by atoms with Crippen LogP contribution in [0.25, 0.3) is 0 Å². The molecule has 0 amide bonds. The summed E-state index contributed by atoms with van der Waals surface area (Å²) < 4.78 is 0. The van der Waals surface area contributed by atoms with Crippen LogP contribution in [0.5, 0.6) is 0 Å². The molecule has 6 N–H and O–H groups in total. The summed E-state index contributed by atoms with van der Waals surface area (Å²) in [7, 11) is 0. The first-order chi connectivity index (χ1) is 10.1. The molecule has 0 aromatic carbocycles. The van der Waals surface area contributed by atoms with Gasteiger partial charge in [0.1, 0.15) is 11.4 Å². The highest BCUT2D eigenvalue weighted by Gasteiger charge is 2.15. The van der Waals surface area contributed by atoms with E-state index in [0.29, 0.717) is 16.8 Å². The molecule has 0 aliphatic carbocycles. The maximum Gasteiger partial charge on any atom is 0.230 e. The Morgan fingerprint density at radius 3 is 3.05 bits per heavy atom. The summed E-state index contributed by atoms with van der Waals surface area (Å²) >= 11 is 1.20. The topological polar surface area (TPSA) is 135 Å². The first-order valence-electron chi connectivity index (χ1n) is 6.49. The fourth-order valence-corrected chi connectivity index (χ4v) is 2.26. The summed E-state index contributed by atoms with van der Waals surface area (Å²) in [6.45, 7) is 2.91. The molecule has 2 heterocycles. The van der Waals surface area contributed by atoms with Crippen molar-refractivity contribution in [2.45, 2.75) is 19.8 Å². The minimum atomic E-state index is -0.251. The molecule has 0 fully saturated rings. The molecular weight excluding hydrogens is 290 g/mol. The smallest absolute Gasteiger partial charge is 0.230 e. The van der Waals surface area contributed by atoms with E-state index in [1.54, 1.807) is 5.38 Å². The molecule has 0 aliphatic rings. The van der Waals surface area contributed by atoms with Crippen LogP contribution in [-0.2, 0) is 0 Å². The Kier molecular flexibility index (Phi) is 4.88. The third-order valence-electron chi connectivity index (χ3n) is 2.59. The molecule has 0 unspecified atom stereocenters. The van der Waals surface area contributed by atoms with Gasteiger partial charge in [0.05, 0.1) is 6.20 Å². The average Bonchev–Trinajstić information content (AvgIpc) is 3.07. The second-order valence-electron chi connectivity index (χ2n) is 4.31. The predicted molar refractivity (Wildman–Crippen MR) is 83.0 cm³/mol. The second kappa shape index (κ2) is 6.84. The lowest BCUT2D eigenvalue weighted by atomic mass is 10.2. The molecule has 0 radical (unpaired) electrons. The zero-order valence-corrected chi connectivity index (χ0v) is 12.4. The maximum absolute atomic E-state index is 12.2. The monoisotopic (exact) mass is 307 g/mol. The van der Waals surface area contributed by atoms with E-state index in [2.05, 4.69) is 32.2 Å². The number of nitrogens with two attached hydrogens (primary N) is 2. The van der Waals surface area contributed by atoms with E-state index < -0.39 is 0 Å². The van der Waals surface area contributed by atoms with Crippen LogP contribution in [-0.4, -0.2) is 33.2 Å². The molecule has 0 saturated heterocycles. The lowest BCUT2D eigenvalue weighted by molar-refractivity contribution is 0.103. The van der Waals surface area contributed by atoms with Crippen LogP contribution >= 0.6 is 11.3 Å². The van der Waals surface area contributed by atoms with E-state index in [0.717, 1.165) is 19.4 Å². The number of H-pyrrole nitrogens is 1. The summed E-state index contributed by atoms with van der Waals surface area (Å²) in [5, 5.41) is 5.06. The first-order valence-corrected chi connectivity index (χ1v) is 7.37. The van der Waals surface area contributed by atoms with Crippen LogP contribution in [0.1, 0.15) is 35.9 Å². The van der Waals surface area contributed by atoms with Gasteiger partial charge in [-0.15, -0.1) is 11.3 Å². The van der Waals surface area contributed by atoms with Gasteiger partial charge in [0.25, 0.3) is 0 Å². The molecule has 0 bridgehead atoms. The molecule has 112 valence electrons. The van der Waals surface area contributed by atoms with Crippen molar-refractivity contribution < 1.29 is 4.79 Å². The van der Waals surface area contributed by atoms with Crippen LogP contribution < -0.4 is 16.8 Å². The van der Waals surface area contributed by atoms with Crippen molar-refractivity contribution in [2.24, 2.45) is 16.5 Å². The van der Waals surface area contributed by atoms with Gasteiger partial charge < -0.3 is 21.8 Å². The van der Waals surface area contributed by atoms with Gasteiger partial charge in [-0.2, -0.15) is 4.99 Å². The van der Waals surface area contributed by atoms with Crippen molar-refractivity contribution >= 4 is 34.2 Å². The van der Waals surface area contributed by atoms with Crippen molar-refractivity contribution in [1.82, 2.24) is 15.0 Å². The Morgan fingerprint density at radius 2 is 2.33 bits per heavy atom. The molecule has 2 rings (SSSR count). The summed E-state index contributed by atoms with van der Waals surface area (Å²) in [4.78, 5) is 27.1. The van der Waals surface area contributed by atoms with E-state index >= 15 is 0 Å². The lowest BCUT2D eigenvalue weighted by Gasteiger charge is -1.99. The second-order valence-corrected chi connectivity index (χ2v) is 5.14. The Bertz CT molecular complexity index is 642. The number of guanidine groups is 1. The number of ketones is 1. The zero-order valence-electron chi connectivity index (χ0n) is 11.6. The van der Waals surface area contributed by atoms with Crippen molar-refractivity contribution in [3.63, 3.8) is 0 Å². The van der Waals surface area contributed by atoms with Crippen LogP contribution in [0.4, 0.5) is 11.1 Å². The molecule has 0 spiro atoms. The third-order valence-corrected chi connectivity index (χ3v) is 3.33. The Hall–Kier alpha value is -2.42. The van der Waals surface area contributed by atoms with Crippen LogP contribution in [0.3, 0.4) is 0 Å². The van der Waals surface area contributed by atoms with E-state index in [1.165, 1.54) is 17.5 Å². The average molecular weight is 307 g/mol. The number of rotatable bonds is 7. The minimum absolute atomic E-state index is 0.0905. The first kappa shape index (κ1) is 15.0. The molecular formula is C12H17N7OS. The number of imidazole rings is 1. The maximum atomic E-state index is 12.2. The lowest BCUT2D eigenvalue weighted by Crippen LogP contribution is -2.21. The number of aliphatic imine (C=N–C) groups is 1. The molecule has 21 heavy (non-hydrogen) atoms. The van der Waals surface area contributed by atoms with E-state index in [9.17, 15) is 4.79 Å². The van der Waals surface area contributed by atoms with Crippen molar-refractivity contribution in [3.05, 3.63) is 23.0 Å². The van der Waals surface area contributed by atoms with Crippen molar-refractivity contribution in [3.8, 4) is 0 Å². The standard InChI is InChI=1S/C12H17N7OS/c1-2-3-4-15-11-16-5-7(17-11)9(20)8-6-21-12(18-8)19-10(13)14/h5-6H,2-4H2,1H3,(H2,15,16,17)(H4,13,14,18,19). The zero-order chi connectivity index (χ0) is 15.2. The summed E-state index contributed by atoms with van der Waals surface area (Å²) in [6.07, 6.45) is 3.61. The fraction of sp³-hybridized carbons (Fsp3) is 0.333. The van der Waals surface area contributed by atoms with E-state index in [1.807, 2.05) is 0 Å². The normalized spacial score (nSPS) is 10.3. The van der Waals surface area contributed by atoms with Crippen LogP contribution in [0.15, 0.2) is 16.6 Å². The molecule has 2 aromatic heterocycles. The van der Waals surface area contributed by atoms with Gasteiger partial charge in [0, 0.05) is 11.9 Å². The number of hydrogen-bond acceptors (Lipinski definition) is 6. The Labute approximate surface area is 125 Å². The largest absolute Gasteiger partial charge is 0.370 e. The van der Waals surface area contributed by atoms with Crippen LogP contribution in [0, 0.1) is 0 Å². The Balaban J connectivity index is 2.06. The summed E-state index contributed by atoms with van der Waals surface area (Å²) in [6, 6.07) is 0. The summed E-state index contributed by atoms with van der Waals surface area (Å²) in [5.74, 6) is 0.234. The number of aromatic nitrogens is 3. The van der Waals surface area contributed by atoms with Crippen LogP contribution in [0.2, 0.25) is 0 Å². The summed E-state index contributed by atoms with van der Waals surface area (Å²) in [5.41, 5.74) is 11.2. The minimum Gasteiger partial charge on any atom is -0.370 e. The van der Waals surface area contributed by atoms with Crippen molar-refractivity contribution in [1.29, 1.82) is 0 Å². The molecule has 0 saturated carbocycles. The van der Waals surface area contributed by atoms with Gasteiger partial charge in [-0.05, 0) is 6.42 Å². The number of unbranched alkanes of at least 4 members (excludes halogenated alkanes) is 1. The van der Waals surface area contributed by atoms with E-state index in [-0.39, 0.29) is 17.4 Å². The highest BCUT2D eigenvalue weighted by atomic mass is 32.1. The van der Waals surface area contributed by atoms with Gasteiger partial charge >= 0.3 is 0 Å². The number of nitrogens with zero attached hydrogens (tertiary/aromatic N) is 3. The van der Waals surface area contributed by atoms with Gasteiger partial charge in [0.2, 0.25) is 16.9 Å². The molecule has 9 heteroatoms. The van der Waals surface area contributed by atoms with Crippen molar-refractivity contribution in [2.75, 3.05) is 11.9 Å². The number of carbonyl (C=O) groups is 1. The number of anilines is 1. The Morgan fingerprint density at radius 1 is 1.52 bits per heavy atom. The third kappa shape index (κ3) is 4.02. The highest BCUT2D eigenvalue weighted by molar-refractivity contribution is 7.13. The van der Waals surface area contributed by atoms with Gasteiger partial charge in [-0.1, -0.05) is 13.3 Å². The molecule has 2 aromatic rings. The fourth-order valence-electron chi connectivity index (χ4n) is 1.58. The SMILES string of the molecule is CCCCNc1ncc(C(=O)c2csc(N=C(N)N)n2)[nH]1. The predicted octanol–water partition coefficient (Wildman–Crippen LogP) is 1.21. The number of hydrogen-bond donors (Lipinski definition) is 4. The van der Waals surface area contributed by atoms with Gasteiger partial charge in [0.15, 0.2) is 5.96 Å². The number of carbonyl (C=O) groups excluding carboxylic acids is 1. The highest BCUT2D eigenvalue weighted by Crippen LogP contribution is 2.20. The molecule has 0 aliphatic heterocycles. The van der Waals surface area contributed by atoms with Gasteiger partial charge in [-0.3, -0.25) is 4.79 Å². The number of aromatic amines is 1. The molecule has 8 nitrogen and oxygen atoms in total. The molecule has 0 atom stereocenters.